The summed E-state index contributed by atoms with van der Waals surface area (Å²) in [4.78, 5) is 11.5. The number of hydrogen-bond acceptors (Lipinski definition) is 1. The summed E-state index contributed by atoms with van der Waals surface area (Å²) < 4.78 is 0. The summed E-state index contributed by atoms with van der Waals surface area (Å²) in [5, 5.41) is 0. The van der Waals surface area contributed by atoms with Gasteiger partial charge in [-0.25, -0.2) is 0 Å². The third-order valence-electron chi connectivity index (χ3n) is 4.95. The van der Waals surface area contributed by atoms with Crippen molar-refractivity contribution in [1.82, 2.24) is 0 Å². The van der Waals surface area contributed by atoms with Crippen molar-refractivity contribution < 1.29 is 4.89 Å². The first-order valence-corrected chi connectivity index (χ1v) is 12.9. The first-order valence-electron chi connectivity index (χ1n) is 9.72. The second-order valence-corrected chi connectivity index (χ2v) is 13.4. The fraction of sp³-hybridized carbons (Fsp3) is 1.00. The topological polar surface area (TPSA) is 20.2 Å². The third kappa shape index (κ3) is 11.6. The van der Waals surface area contributed by atoms with Crippen LogP contribution in [0.3, 0.4) is 0 Å². The van der Waals surface area contributed by atoms with Crippen molar-refractivity contribution in [3.05, 3.63) is 0 Å². The fourth-order valence-electron chi connectivity index (χ4n) is 3.31. The van der Waals surface area contributed by atoms with Crippen LogP contribution in [0.25, 0.3) is 0 Å². The molecule has 0 rings (SSSR count). The minimum atomic E-state index is -2.38. The normalized spacial score (nSPS) is 14.0. The van der Waals surface area contributed by atoms with Gasteiger partial charge in [-0.3, -0.25) is 0 Å². The van der Waals surface area contributed by atoms with E-state index < -0.39 is 6.83 Å². The van der Waals surface area contributed by atoms with E-state index >= 15 is 0 Å². The molecule has 0 unspecified atom stereocenters. The Morgan fingerprint density at radius 1 is 0.524 bits per heavy atom. The van der Waals surface area contributed by atoms with Crippen LogP contribution in [0.5, 0.6) is 0 Å². The Bertz CT molecular complexity index is 200. The van der Waals surface area contributed by atoms with E-state index in [-0.39, 0.29) is 0 Å². The van der Waals surface area contributed by atoms with Crippen molar-refractivity contribution in [2.45, 2.75) is 97.8 Å². The van der Waals surface area contributed by atoms with Crippen LogP contribution in [-0.4, -0.2) is 30.0 Å². The van der Waals surface area contributed by atoms with Gasteiger partial charge in [0.05, 0.1) is 0 Å². The van der Waals surface area contributed by atoms with Gasteiger partial charge in [-0.15, -0.1) is 0 Å². The van der Waals surface area contributed by atoms with Crippen molar-refractivity contribution >= 4 is 6.83 Å². The van der Waals surface area contributed by atoms with Crippen LogP contribution >= 0.6 is 6.83 Å². The van der Waals surface area contributed by atoms with Gasteiger partial charge in [0.1, 0.15) is 0 Å². The van der Waals surface area contributed by atoms with Crippen LogP contribution in [0.4, 0.5) is 0 Å². The Kier molecular flexibility index (Phi) is 12.1. The van der Waals surface area contributed by atoms with E-state index in [1.165, 1.54) is 77.0 Å². The first-order chi connectivity index (χ1) is 9.96. The van der Waals surface area contributed by atoms with E-state index in [1.807, 2.05) is 0 Å². The predicted octanol–water partition coefficient (Wildman–Crippen LogP) is 6.82. The van der Waals surface area contributed by atoms with Crippen molar-refractivity contribution in [3.63, 3.8) is 0 Å². The minimum absolute atomic E-state index is 1.13. The molecule has 0 fully saturated rings. The molecule has 0 saturated heterocycles. The molecule has 0 aliphatic carbocycles. The molecule has 0 amide bonds. The van der Waals surface area contributed by atoms with E-state index in [0.717, 1.165) is 18.5 Å². The molecule has 0 bridgehead atoms. The van der Waals surface area contributed by atoms with E-state index in [0.29, 0.717) is 0 Å². The Hall–Kier alpha value is 0.390. The molecule has 1 N–H and O–H groups in total. The molecular weight excluding hydrogens is 275 g/mol. The monoisotopic (exact) mass is 318 g/mol. The number of hydrogen-bond donors (Lipinski definition) is 1. The van der Waals surface area contributed by atoms with E-state index in [4.69, 9.17) is 0 Å². The molecule has 0 aromatic carbocycles. The molecule has 0 heterocycles. The van der Waals surface area contributed by atoms with Crippen LogP contribution in [0.1, 0.15) is 97.8 Å². The summed E-state index contributed by atoms with van der Waals surface area (Å²) in [7, 11) is 0. The van der Waals surface area contributed by atoms with E-state index in [9.17, 15) is 4.89 Å². The van der Waals surface area contributed by atoms with Gasteiger partial charge in [0, 0.05) is 0 Å². The first kappa shape index (κ1) is 21.4. The molecule has 0 spiro atoms. The molecule has 0 aromatic rings. The van der Waals surface area contributed by atoms with E-state index in [1.54, 1.807) is 0 Å². The van der Waals surface area contributed by atoms with Gasteiger partial charge in [0.15, 0.2) is 0 Å². The summed E-state index contributed by atoms with van der Waals surface area (Å²) in [6.07, 6.45) is 18.9. The summed E-state index contributed by atoms with van der Waals surface area (Å²) >= 11 is 0. The molecule has 0 radical (unpaired) electrons. The molecule has 2 heteroatoms. The summed E-state index contributed by atoms with van der Waals surface area (Å²) in [5.41, 5.74) is 0. The fourth-order valence-corrected chi connectivity index (χ4v) is 7.36. The molecule has 0 aliphatic rings. The maximum atomic E-state index is 11.5. The standard InChI is InChI=1S/C19H43OP/c1-5-8-11-14-17-21(4,20,18-15-12-9-6-2)19-16-13-10-7-3/h20H,5-19H2,1-4H3. The molecule has 1 nitrogen and oxygen atoms in total. The van der Waals surface area contributed by atoms with Crippen molar-refractivity contribution in [2.24, 2.45) is 0 Å². The van der Waals surface area contributed by atoms with Crippen LogP contribution in [0.15, 0.2) is 0 Å². The molecule has 130 valence electrons. The zero-order valence-electron chi connectivity index (χ0n) is 15.5. The zero-order valence-corrected chi connectivity index (χ0v) is 16.4. The van der Waals surface area contributed by atoms with Crippen molar-refractivity contribution in [3.8, 4) is 0 Å². The van der Waals surface area contributed by atoms with Crippen LogP contribution in [0, 0.1) is 0 Å². The molecule has 0 aromatic heterocycles. The van der Waals surface area contributed by atoms with Crippen molar-refractivity contribution in [2.75, 3.05) is 25.2 Å². The average Bonchev–Trinajstić information content (AvgIpc) is 2.45. The molecule has 0 aliphatic heterocycles. The van der Waals surface area contributed by atoms with Gasteiger partial charge in [-0.1, -0.05) is 0 Å². The van der Waals surface area contributed by atoms with Gasteiger partial charge in [0.25, 0.3) is 0 Å². The van der Waals surface area contributed by atoms with Crippen molar-refractivity contribution in [1.29, 1.82) is 0 Å². The van der Waals surface area contributed by atoms with Crippen LogP contribution in [0.2, 0.25) is 0 Å². The molecular formula is C19H43OP. The van der Waals surface area contributed by atoms with Gasteiger partial charge >= 0.3 is 135 Å². The quantitative estimate of drug-likeness (QED) is 0.259. The summed E-state index contributed by atoms with van der Waals surface area (Å²) in [5.74, 6) is 0. The Morgan fingerprint density at radius 3 is 1.05 bits per heavy atom. The SMILES string of the molecule is CCCCCCP(C)(O)(CCCCCC)CCCCCC. The summed E-state index contributed by atoms with van der Waals surface area (Å²) in [6.45, 7) is 6.70. The predicted molar refractivity (Wildman–Crippen MR) is 102 cm³/mol. The number of rotatable bonds is 15. The van der Waals surface area contributed by atoms with Crippen LogP contribution in [-0.2, 0) is 0 Å². The molecule has 21 heavy (non-hydrogen) atoms. The second kappa shape index (κ2) is 11.9. The number of unbranched alkanes of at least 4 members (excludes halogenated alkanes) is 9. The zero-order chi connectivity index (χ0) is 16.1. The van der Waals surface area contributed by atoms with E-state index in [2.05, 4.69) is 27.4 Å². The van der Waals surface area contributed by atoms with Crippen LogP contribution < -0.4 is 0 Å². The van der Waals surface area contributed by atoms with Gasteiger partial charge in [0.2, 0.25) is 0 Å². The van der Waals surface area contributed by atoms with Gasteiger partial charge in [-0.05, 0) is 0 Å². The second-order valence-electron chi connectivity index (χ2n) is 7.60. The van der Waals surface area contributed by atoms with Gasteiger partial charge < -0.3 is 0 Å². The Morgan fingerprint density at radius 2 is 0.810 bits per heavy atom. The third-order valence-corrected chi connectivity index (χ3v) is 9.74. The molecule has 0 saturated carbocycles. The summed E-state index contributed by atoms with van der Waals surface area (Å²) in [6, 6.07) is 0. The Labute approximate surface area is 135 Å². The van der Waals surface area contributed by atoms with Gasteiger partial charge in [-0.2, -0.15) is 0 Å². The average molecular weight is 319 g/mol. The Balaban J connectivity index is 4.32. The maximum absolute atomic E-state index is 11.5. The molecule has 0 atom stereocenters.